The van der Waals surface area contributed by atoms with Crippen LogP contribution in [0.2, 0.25) is 0 Å². The molecule has 0 aliphatic heterocycles. The smallest absolute Gasteiger partial charge is 0.408 e. The Kier molecular flexibility index (Phi) is 5.03. The Labute approximate surface area is 174 Å². The minimum atomic E-state index is -1.53. The fourth-order valence-electron chi connectivity index (χ4n) is 3.93. The van der Waals surface area contributed by atoms with E-state index in [2.05, 4.69) is 22.4 Å². The van der Waals surface area contributed by atoms with E-state index in [1.807, 2.05) is 36.4 Å². The van der Waals surface area contributed by atoms with E-state index in [1.165, 1.54) is 6.92 Å². The molecular weight excluding hydrogens is 382 g/mol. The highest BCUT2D eigenvalue weighted by Gasteiger charge is 2.37. The second kappa shape index (κ2) is 7.67. The number of aliphatic carboxylic acids is 1. The number of fused-ring (bicyclic) bond motifs is 3. The van der Waals surface area contributed by atoms with Gasteiger partial charge in [-0.2, -0.15) is 0 Å². The molecule has 2 N–H and O–H groups in total. The highest BCUT2D eigenvalue weighted by molar-refractivity contribution is 5.84. The van der Waals surface area contributed by atoms with Crippen molar-refractivity contribution in [2.45, 2.75) is 31.8 Å². The lowest BCUT2D eigenvalue weighted by Crippen LogP contribution is -2.55. The van der Waals surface area contributed by atoms with Crippen LogP contribution in [0, 0.1) is 6.92 Å². The molecule has 1 aliphatic carbocycles. The lowest BCUT2D eigenvalue weighted by Gasteiger charge is -2.27. The minimum absolute atomic E-state index is 0.0400. The predicted molar refractivity (Wildman–Crippen MR) is 111 cm³/mol. The number of hydrogen-bond acceptors (Lipinski definition) is 4. The number of rotatable bonds is 6. The molecule has 0 bridgehead atoms. The summed E-state index contributed by atoms with van der Waals surface area (Å²) in [5.41, 5.74) is 2.93. The summed E-state index contributed by atoms with van der Waals surface area (Å²) >= 11 is 0. The molecule has 0 saturated carbocycles. The summed E-state index contributed by atoms with van der Waals surface area (Å²) in [6.45, 7) is 3.39. The van der Waals surface area contributed by atoms with Crippen LogP contribution < -0.4 is 5.32 Å². The van der Waals surface area contributed by atoms with Crippen molar-refractivity contribution in [3.8, 4) is 11.1 Å². The Morgan fingerprint density at radius 2 is 1.73 bits per heavy atom. The topological polar surface area (TPSA) is 93.5 Å². The van der Waals surface area contributed by atoms with Crippen molar-refractivity contribution in [2.24, 2.45) is 0 Å². The first-order chi connectivity index (χ1) is 14.4. The molecule has 7 heteroatoms. The van der Waals surface area contributed by atoms with Gasteiger partial charge >= 0.3 is 12.1 Å². The van der Waals surface area contributed by atoms with Crippen molar-refractivity contribution in [3.63, 3.8) is 0 Å². The highest BCUT2D eigenvalue weighted by Crippen LogP contribution is 2.44. The van der Waals surface area contributed by atoms with E-state index in [0.717, 1.165) is 22.3 Å². The summed E-state index contributed by atoms with van der Waals surface area (Å²) in [6.07, 6.45) is 2.50. The zero-order valence-electron chi connectivity index (χ0n) is 16.8. The largest absolute Gasteiger partial charge is 0.479 e. The zero-order chi connectivity index (χ0) is 21.3. The molecule has 7 nitrogen and oxygen atoms in total. The van der Waals surface area contributed by atoms with Gasteiger partial charge in [-0.3, -0.25) is 0 Å². The molecule has 154 valence electrons. The standard InChI is InChI=1S/C23H23N3O4/c1-15-24-11-12-26(15)14-23(2,21(27)28)25-22(29)30-13-20-18-9-5-3-7-16(18)17-8-4-6-10-19(17)20/h3-12,20H,13-14H2,1-2H3,(H,25,29)(H,27,28). The van der Waals surface area contributed by atoms with Crippen molar-refractivity contribution in [1.82, 2.24) is 14.9 Å². The molecule has 2 aromatic carbocycles. The SMILES string of the molecule is Cc1nccn1CC(C)(NC(=O)OCC1c2ccccc2-c2ccccc21)C(=O)O. The van der Waals surface area contributed by atoms with Gasteiger partial charge in [-0.15, -0.1) is 0 Å². The van der Waals surface area contributed by atoms with E-state index in [9.17, 15) is 14.7 Å². The molecule has 1 unspecified atom stereocenters. The van der Waals surface area contributed by atoms with Gasteiger partial charge in [-0.25, -0.2) is 14.6 Å². The van der Waals surface area contributed by atoms with Crippen LogP contribution in [0.5, 0.6) is 0 Å². The average molecular weight is 405 g/mol. The summed E-state index contributed by atoms with van der Waals surface area (Å²) in [7, 11) is 0. The molecule has 3 aromatic rings. The van der Waals surface area contributed by atoms with Gasteiger partial charge < -0.3 is 19.7 Å². The number of aromatic nitrogens is 2. The molecule has 0 saturated heterocycles. The molecular formula is C23H23N3O4. The Bertz CT molecular complexity index is 1060. The lowest BCUT2D eigenvalue weighted by molar-refractivity contribution is -0.144. The molecule has 1 atom stereocenters. The summed E-state index contributed by atoms with van der Waals surface area (Å²) in [4.78, 5) is 28.5. The fourth-order valence-corrected chi connectivity index (χ4v) is 3.93. The number of carbonyl (C=O) groups is 2. The first kappa shape index (κ1) is 19.7. The minimum Gasteiger partial charge on any atom is -0.479 e. The van der Waals surface area contributed by atoms with E-state index in [-0.39, 0.29) is 19.1 Å². The average Bonchev–Trinajstić information content (AvgIpc) is 3.27. The van der Waals surface area contributed by atoms with Crippen LogP contribution in [-0.4, -0.2) is 38.9 Å². The van der Waals surface area contributed by atoms with Gasteiger partial charge in [0.05, 0.1) is 6.54 Å². The Morgan fingerprint density at radius 1 is 1.13 bits per heavy atom. The molecule has 0 fully saturated rings. The third kappa shape index (κ3) is 3.54. The number of imidazole rings is 1. The summed E-state index contributed by atoms with van der Waals surface area (Å²) in [5.74, 6) is -0.573. The van der Waals surface area contributed by atoms with E-state index >= 15 is 0 Å². The molecule has 0 spiro atoms. The fraction of sp³-hybridized carbons (Fsp3) is 0.261. The van der Waals surface area contributed by atoms with Crippen molar-refractivity contribution >= 4 is 12.1 Å². The van der Waals surface area contributed by atoms with E-state index in [1.54, 1.807) is 23.9 Å². The third-order valence-corrected chi connectivity index (χ3v) is 5.60. The lowest BCUT2D eigenvalue weighted by atomic mass is 9.98. The number of aryl methyl sites for hydroxylation is 1. The van der Waals surface area contributed by atoms with Crippen LogP contribution in [0.15, 0.2) is 60.9 Å². The normalized spacial score (nSPS) is 14.5. The van der Waals surface area contributed by atoms with Crippen molar-refractivity contribution in [1.29, 1.82) is 0 Å². The second-order valence-electron chi connectivity index (χ2n) is 7.69. The number of benzene rings is 2. The maximum atomic E-state index is 12.5. The molecule has 1 aliphatic rings. The van der Waals surface area contributed by atoms with Gasteiger partial charge in [-0.05, 0) is 36.1 Å². The first-order valence-electron chi connectivity index (χ1n) is 9.73. The number of hydrogen-bond donors (Lipinski definition) is 2. The number of alkyl carbamates (subject to hydrolysis) is 1. The molecule has 1 aromatic heterocycles. The molecule has 30 heavy (non-hydrogen) atoms. The second-order valence-corrected chi connectivity index (χ2v) is 7.69. The van der Waals surface area contributed by atoms with Crippen LogP contribution in [0.1, 0.15) is 29.8 Å². The van der Waals surface area contributed by atoms with Gasteiger partial charge in [0.25, 0.3) is 0 Å². The van der Waals surface area contributed by atoms with Crippen LogP contribution in [0.4, 0.5) is 4.79 Å². The maximum absolute atomic E-state index is 12.5. The summed E-state index contributed by atoms with van der Waals surface area (Å²) < 4.78 is 7.18. The van der Waals surface area contributed by atoms with E-state index in [0.29, 0.717) is 5.82 Å². The van der Waals surface area contributed by atoms with Crippen LogP contribution >= 0.6 is 0 Å². The number of carbonyl (C=O) groups excluding carboxylic acids is 1. The van der Waals surface area contributed by atoms with Crippen LogP contribution in [0.3, 0.4) is 0 Å². The van der Waals surface area contributed by atoms with Gasteiger partial charge in [0.2, 0.25) is 0 Å². The maximum Gasteiger partial charge on any atom is 0.408 e. The Hall–Kier alpha value is -3.61. The molecule has 1 heterocycles. The van der Waals surface area contributed by atoms with Gasteiger partial charge in [-0.1, -0.05) is 48.5 Å². The molecule has 1 amide bonds. The van der Waals surface area contributed by atoms with Crippen LogP contribution in [0.25, 0.3) is 11.1 Å². The highest BCUT2D eigenvalue weighted by atomic mass is 16.5. The monoisotopic (exact) mass is 405 g/mol. The van der Waals surface area contributed by atoms with Gasteiger partial charge in [0.1, 0.15) is 12.4 Å². The number of nitrogens with one attached hydrogen (secondary N) is 1. The quantitative estimate of drug-likeness (QED) is 0.654. The number of nitrogens with zero attached hydrogens (tertiary/aromatic N) is 2. The number of carboxylic acids is 1. The first-order valence-corrected chi connectivity index (χ1v) is 9.73. The Morgan fingerprint density at radius 3 is 2.27 bits per heavy atom. The van der Waals surface area contributed by atoms with Gasteiger partial charge in [0.15, 0.2) is 5.54 Å². The number of ether oxygens (including phenoxy) is 1. The van der Waals surface area contributed by atoms with E-state index in [4.69, 9.17) is 4.74 Å². The van der Waals surface area contributed by atoms with Crippen LogP contribution in [-0.2, 0) is 16.1 Å². The molecule has 0 radical (unpaired) electrons. The third-order valence-electron chi connectivity index (χ3n) is 5.60. The zero-order valence-corrected chi connectivity index (χ0v) is 16.8. The van der Waals surface area contributed by atoms with Gasteiger partial charge in [0, 0.05) is 18.3 Å². The molecule has 4 rings (SSSR count). The predicted octanol–water partition coefficient (Wildman–Crippen LogP) is 3.57. The number of carboxylic acid groups (broad SMARTS) is 1. The van der Waals surface area contributed by atoms with Crippen molar-refractivity contribution in [2.75, 3.05) is 6.61 Å². The van der Waals surface area contributed by atoms with Crippen molar-refractivity contribution in [3.05, 3.63) is 77.9 Å². The Balaban J connectivity index is 1.48. The summed E-state index contributed by atoms with van der Waals surface area (Å²) in [5, 5.41) is 12.2. The summed E-state index contributed by atoms with van der Waals surface area (Å²) in [6, 6.07) is 16.1. The van der Waals surface area contributed by atoms with Crippen molar-refractivity contribution < 1.29 is 19.4 Å². The van der Waals surface area contributed by atoms with E-state index < -0.39 is 17.6 Å². The number of amides is 1.